The van der Waals surface area contributed by atoms with Gasteiger partial charge in [0, 0.05) is 25.7 Å². The summed E-state index contributed by atoms with van der Waals surface area (Å²) in [6.45, 7) is 9.55. The van der Waals surface area contributed by atoms with Gasteiger partial charge in [-0.15, -0.1) is 0 Å². The molecule has 0 aliphatic heterocycles. The van der Waals surface area contributed by atoms with Gasteiger partial charge in [0.05, 0.1) is 26.4 Å². The second-order valence-corrected chi connectivity index (χ2v) is 30.0. The number of carbonyl (C=O) groups excluding carboxylic acids is 4. The van der Waals surface area contributed by atoms with Crippen LogP contribution < -0.4 is 0 Å². The zero-order chi connectivity index (χ0) is 67.9. The van der Waals surface area contributed by atoms with Crippen LogP contribution in [-0.4, -0.2) is 96.7 Å². The second kappa shape index (κ2) is 65.0. The van der Waals surface area contributed by atoms with Gasteiger partial charge in [-0.05, 0) is 37.5 Å². The highest BCUT2D eigenvalue weighted by atomic mass is 31.2. The molecule has 0 heterocycles. The van der Waals surface area contributed by atoms with E-state index in [1.807, 2.05) is 0 Å². The Kier molecular flexibility index (Phi) is 63.7. The van der Waals surface area contributed by atoms with Crippen LogP contribution in [0.2, 0.25) is 0 Å². The van der Waals surface area contributed by atoms with Crippen LogP contribution in [0.5, 0.6) is 0 Å². The van der Waals surface area contributed by atoms with Gasteiger partial charge in [-0.2, -0.15) is 0 Å². The first-order chi connectivity index (χ1) is 44.4. The van der Waals surface area contributed by atoms with Crippen molar-refractivity contribution in [1.29, 1.82) is 0 Å². The Balaban J connectivity index is 5.24. The lowest BCUT2D eigenvalue weighted by Crippen LogP contribution is -2.30. The minimum absolute atomic E-state index is 0.106. The van der Waals surface area contributed by atoms with Crippen molar-refractivity contribution in [2.75, 3.05) is 39.6 Å². The fourth-order valence-corrected chi connectivity index (χ4v) is 12.7. The molecule has 0 aromatic carbocycles. The maximum Gasteiger partial charge on any atom is 0.472 e. The molecule has 6 atom stereocenters. The Hall–Kier alpha value is -1.94. The molecule has 0 radical (unpaired) electrons. The molecule has 0 aliphatic rings. The van der Waals surface area contributed by atoms with E-state index in [1.54, 1.807) is 0 Å². The molecule has 0 amide bonds. The highest BCUT2D eigenvalue weighted by Gasteiger charge is 2.30. The normalized spacial score (nSPS) is 14.4. The number of phosphoric ester groups is 2. The zero-order valence-electron chi connectivity index (χ0n) is 59.9. The van der Waals surface area contributed by atoms with E-state index in [9.17, 15) is 43.2 Å². The van der Waals surface area contributed by atoms with Crippen LogP contribution in [0, 0.1) is 11.8 Å². The van der Waals surface area contributed by atoms with Gasteiger partial charge in [0.15, 0.2) is 12.2 Å². The summed E-state index contributed by atoms with van der Waals surface area (Å²) in [5.74, 6) is -0.593. The van der Waals surface area contributed by atoms with Crippen molar-refractivity contribution in [3.05, 3.63) is 0 Å². The summed E-state index contributed by atoms with van der Waals surface area (Å²) in [6.07, 6.45) is 51.2. The first-order valence-corrected chi connectivity index (χ1v) is 41.0. The lowest BCUT2D eigenvalue weighted by Gasteiger charge is -2.21. The first-order valence-electron chi connectivity index (χ1n) is 38.0. The standard InChI is InChI=1S/C73H142O17P2/c1-7-10-12-14-16-18-20-21-25-29-32-36-43-49-55-70(75)83-61-68(89-73(78)58-52-46-38-34-30-26-23-22-24-28-31-35-41-47-53-65(4)5)63-87-91(79,80)85-59-67(74)60-86-92(81,82)88-64-69(62-84-71(76)56-50-44-40-39-42-48-54-66(6)9-3)90-72(77)57-51-45-37-33-27-19-17-15-13-11-8-2/h65-69,74H,7-64H2,1-6H3,(H,79,80)(H,81,82)/t66?,67-,68-,69-/m1/s1. The number of hydrogen-bond acceptors (Lipinski definition) is 15. The van der Waals surface area contributed by atoms with Crippen LogP contribution in [-0.2, 0) is 65.4 Å². The number of hydrogen-bond donors (Lipinski definition) is 3. The van der Waals surface area contributed by atoms with Crippen molar-refractivity contribution in [1.82, 2.24) is 0 Å². The minimum atomic E-state index is -4.95. The molecule has 0 spiro atoms. The van der Waals surface area contributed by atoms with Crippen LogP contribution in [0.4, 0.5) is 0 Å². The fraction of sp³-hybridized carbons (Fsp3) is 0.945. The van der Waals surface area contributed by atoms with E-state index in [4.69, 9.17) is 37.0 Å². The molecule has 0 aromatic heterocycles. The van der Waals surface area contributed by atoms with Crippen molar-refractivity contribution < 1.29 is 80.2 Å². The number of phosphoric acid groups is 2. The lowest BCUT2D eigenvalue weighted by atomic mass is 10.00. The Labute approximate surface area is 562 Å². The highest BCUT2D eigenvalue weighted by molar-refractivity contribution is 7.47. The predicted octanol–water partition coefficient (Wildman–Crippen LogP) is 21.2. The van der Waals surface area contributed by atoms with E-state index in [1.165, 1.54) is 186 Å². The van der Waals surface area contributed by atoms with E-state index in [-0.39, 0.29) is 25.7 Å². The van der Waals surface area contributed by atoms with E-state index in [0.29, 0.717) is 25.7 Å². The van der Waals surface area contributed by atoms with Crippen molar-refractivity contribution in [3.63, 3.8) is 0 Å². The summed E-state index contributed by atoms with van der Waals surface area (Å²) in [4.78, 5) is 72.7. The Bertz CT molecular complexity index is 1790. The maximum absolute atomic E-state index is 13.1. The van der Waals surface area contributed by atoms with E-state index >= 15 is 0 Å². The molecular formula is C73H142O17P2. The molecule has 0 saturated carbocycles. The average Bonchev–Trinajstić information content (AvgIpc) is 3.29. The van der Waals surface area contributed by atoms with Gasteiger partial charge < -0.3 is 33.8 Å². The SMILES string of the molecule is CCCCCCCCCCCCCCCCC(=O)OC[C@H](COP(=O)(O)OC[C@@H](O)COP(=O)(O)OC[C@@H](COC(=O)CCCCCCCCC(C)CC)OC(=O)CCCCCCCCCCCCC)OC(=O)CCCCCCCCCCCCCCCCC(C)C. The third-order valence-corrected chi connectivity index (χ3v) is 19.2. The smallest absolute Gasteiger partial charge is 0.462 e. The monoisotopic (exact) mass is 1350 g/mol. The van der Waals surface area contributed by atoms with Crippen molar-refractivity contribution in [2.45, 2.75) is 394 Å². The summed E-state index contributed by atoms with van der Waals surface area (Å²) in [5.41, 5.74) is 0. The third-order valence-electron chi connectivity index (χ3n) is 17.3. The van der Waals surface area contributed by atoms with Crippen molar-refractivity contribution in [2.24, 2.45) is 11.8 Å². The summed E-state index contributed by atoms with van der Waals surface area (Å²) in [6, 6.07) is 0. The number of esters is 4. The molecule has 3 N–H and O–H groups in total. The molecule has 0 rings (SSSR count). The largest absolute Gasteiger partial charge is 0.472 e. The van der Waals surface area contributed by atoms with Gasteiger partial charge >= 0.3 is 39.5 Å². The molecule has 17 nitrogen and oxygen atoms in total. The van der Waals surface area contributed by atoms with Gasteiger partial charge in [0.2, 0.25) is 0 Å². The summed E-state index contributed by atoms with van der Waals surface area (Å²) >= 11 is 0. The average molecular weight is 1350 g/mol. The summed E-state index contributed by atoms with van der Waals surface area (Å²) < 4.78 is 68.4. The van der Waals surface area contributed by atoms with Crippen molar-refractivity contribution in [3.8, 4) is 0 Å². The Morgan fingerprint density at radius 1 is 0.315 bits per heavy atom. The van der Waals surface area contributed by atoms with Gasteiger partial charge in [-0.25, -0.2) is 9.13 Å². The quantitative estimate of drug-likeness (QED) is 0.0222. The van der Waals surface area contributed by atoms with Crippen LogP contribution in [0.3, 0.4) is 0 Å². The van der Waals surface area contributed by atoms with Gasteiger partial charge in [-0.3, -0.25) is 37.3 Å². The molecular weight excluding hydrogens is 1210 g/mol. The van der Waals surface area contributed by atoms with Crippen LogP contribution >= 0.6 is 15.6 Å². The van der Waals surface area contributed by atoms with Gasteiger partial charge in [-0.1, -0.05) is 324 Å². The van der Waals surface area contributed by atoms with Gasteiger partial charge in [0.25, 0.3) is 0 Å². The fourth-order valence-electron chi connectivity index (χ4n) is 11.1. The van der Waals surface area contributed by atoms with Crippen LogP contribution in [0.15, 0.2) is 0 Å². The van der Waals surface area contributed by atoms with Gasteiger partial charge in [0.1, 0.15) is 19.3 Å². The number of rotatable bonds is 72. The molecule has 92 heavy (non-hydrogen) atoms. The first kappa shape index (κ1) is 90.1. The van der Waals surface area contributed by atoms with Crippen molar-refractivity contribution >= 4 is 39.5 Å². The number of aliphatic hydroxyl groups excluding tert-OH is 1. The number of aliphatic hydroxyl groups is 1. The molecule has 19 heteroatoms. The number of carbonyl (C=O) groups is 4. The summed E-state index contributed by atoms with van der Waals surface area (Å²) in [5, 5.41) is 10.6. The van der Waals surface area contributed by atoms with E-state index in [0.717, 1.165) is 108 Å². The van der Waals surface area contributed by atoms with E-state index < -0.39 is 97.5 Å². The van der Waals surface area contributed by atoms with E-state index in [2.05, 4.69) is 41.5 Å². The Morgan fingerprint density at radius 2 is 0.554 bits per heavy atom. The highest BCUT2D eigenvalue weighted by Crippen LogP contribution is 2.45. The second-order valence-electron chi connectivity index (χ2n) is 27.1. The lowest BCUT2D eigenvalue weighted by molar-refractivity contribution is -0.161. The van der Waals surface area contributed by atoms with Crippen LogP contribution in [0.1, 0.15) is 375 Å². The molecule has 3 unspecified atom stereocenters. The molecule has 546 valence electrons. The number of ether oxygens (including phenoxy) is 4. The third kappa shape index (κ3) is 65.4. The molecule has 0 bridgehead atoms. The molecule has 0 aliphatic carbocycles. The zero-order valence-corrected chi connectivity index (χ0v) is 61.6. The molecule has 0 saturated heterocycles. The predicted molar refractivity (Wildman–Crippen MR) is 372 cm³/mol. The summed E-state index contributed by atoms with van der Waals surface area (Å²) in [7, 11) is -9.90. The molecule has 0 aromatic rings. The minimum Gasteiger partial charge on any atom is -0.462 e. The molecule has 0 fully saturated rings. The topological polar surface area (TPSA) is 237 Å². The Morgan fingerprint density at radius 3 is 0.826 bits per heavy atom. The van der Waals surface area contributed by atoms with Crippen LogP contribution in [0.25, 0.3) is 0 Å². The number of unbranched alkanes of at least 4 members (excludes halogenated alkanes) is 41. The maximum atomic E-state index is 13.1.